The molecule has 5 nitrogen and oxygen atoms in total. The van der Waals surface area contributed by atoms with E-state index in [0.29, 0.717) is 23.9 Å². The number of hydrogen-bond acceptors (Lipinski definition) is 5. The van der Waals surface area contributed by atoms with Crippen LogP contribution in [0.25, 0.3) is 0 Å². The second kappa shape index (κ2) is 5.42. The van der Waals surface area contributed by atoms with Gasteiger partial charge in [0.15, 0.2) is 0 Å². The molecule has 0 aliphatic heterocycles. The van der Waals surface area contributed by atoms with Crippen molar-refractivity contribution in [2.75, 3.05) is 10.7 Å². The van der Waals surface area contributed by atoms with Crippen molar-refractivity contribution in [2.45, 2.75) is 13.5 Å². The number of aryl methyl sites for hydroxylation is 1. The summed E-state index contributed by atoms with van der Waals surface area (Å²) in [5.74, 6) is 5.93. The molecule has 2 aromatic rings. The smallest absolute Gasteiger partial charge is 0.239 e. The summed E-state index contributed by atoms with van der Waals surface area (Å²) in [4.78, 5) is 8.18. The maximum Gasteiger partial charge on any atom is 0.239 e. The number of rotatable bonds is 4. The first-order valence-electron chi connectivity index (χ1n) is 5.48. The van der Waals surface area contributed by atoms with Crippen LogP contribution in [0.4, 0.5) is 16.2 Å². The zero-order valence-electron chi connectivity index (χ0n) is 9.94. The van der Waals surface area contributed by atoms with E-state index in [0.717, 1.165) is 5.69 Å². The molecule has 0 radical (unpaired) electrons. The van der Waals surface area contributed by atoms with Crippen LogP contribution in [0.5, 0.6) is 0 Å². The number of hydrazine groups is 1. The molecule has 1 aromatic heterocycles. The topological polar surface area (TPSA) is 75.9 Å². The Morgan fingerprint density at radius 2 is 2.06 bits per heavy atom. The van der Waals surface area contributed by atoms with Crippen LogP contribution in [0.2, 0.25) is 0 Å². The minimum Gasteiger partial charge on any atom is -0.366 e. The molecule has 4 N–H and O–H groups in total. The Labute approximate surface area is 104 Å². The summed E-state index contributed by atoms with van der Waals surface area (Å²) in [6.45, 7) is 2.18. The fourth-order valence-corrected chi connectivity index (χ4v) is 1.55. The molecule has 6 heteroatoms. The molecule has 94 valence electrons. The van der Waals surface area contributed by atoms with Crippen LogP contribution in [-0.4, -0.2) is 9.97 Å². The molecule has 0 saturated carbocycles. The van der Waals surface area contributed by atoms with Crippen LogP contribution >= 0.6 is 0 Å². The van der Waals surface area contributed by atoms with Crippen molar-refractivity contribution in [3.8, 4) is 0 Å². The van der Waals surface area contributed by atoms with Crippen LogP contribution < -0.4 is 16.6 Å². The Balaban J connectivity index is 2.11. The van der Waals surface area contributed by atoms with E-state index in [1.54, 1.807) is 24.3 Å². The van der Waals surface area contributed by atoms with E-state index in [-0.39, 0.29) is 5.82 Å². The average Bonchev–Trinajstić information content (AvgIpc) is 2.37. The molecule has 0 amide bonds. The lowest BCUT2D eigenvalue weighted by Gasteiger charge is -2.08. The molecule has 18 heavy (non-hydrogen) atoms. The molecular formula is C12H14FN5. The molecule has 0 unspecified atom stereocenters. The molecule has 0 aliphatic carbocycles. The number of nitrogens with two attached hydrogens (primary N) is 1. The van der Waals surface area contributed by atoms with E-state index in [4.69, 9.17) is 5.84 Å². The molecule has 1 heterocycles. The summed E-state index contributed by atoms with van der Waals surface area (Å²) in [6.07, 6.45) is 0. The zero-order valence-corrected chi connectivity index (χ0v) is 9.94. The monoisotopic (exact) mass is 247 g/mol. The van der Waals surface area contributed by atoms with Crippen molar-refractivity contribution in [1.82, 2.24) is 9.97 Å². The van der Waals surface area contributed by atoms with Crippen LogP contribution in [-0.2, 0) is 6.54 Å². The second-order valence-electron chi connectivity index (χ2n) is 3.81. The van der Waals surface area contributed by atoms with Crippen LogP contribution in [0.1, 0.15) is 11.3 Å². The van der Waals surface area contributed by atoms with Gasteiger partial charge < -0.3 is 5.32 Å². The first-order valence-corrected chi connectivity index (χ1v) is 5.48. The van der Waals surface area contributed by atoms with Crippen molar-refractivity contribution in [2.24, 2.45) is 5.84 Å². The van der Waals surface area contributed by atoms with Gasteiger partial charge in [-0.25, -0.2) is 15.2 Å². The van der Waals surface area contributed by atoms with Crippen molar-refractivity contribution in [1.29, 1.82) is 0 Å². The number of nitrogens with zero attached hydrogens (tertiary/aromatic N) is 2. The Hall–Kier alpha value is -2.21. The Kier molecular flexibility index (Phi) is 3.69. The average molecular weight is 247 g/mol. The molecule has 1 aromatic carbocycles. The molecule has 0 aliphatic rings. The van der Waals surface area contributed by atoms with Gasteiger partial charge in [-0.05, 0) is 13.0 Å². The van der Waals surface area contributed by atoms with E-state index < -0.39 is 0 Å². The van der Waals surface area contributed by atoms with Crippen LogP contribution in [0.3, 0.4) is 0 Å². The lowest BCUT2D eigenvalue weighted by Crippen LogP contribution is -2.12. The quantitative estimate of drug-likeness (QED) is 0.567. The third kappa shape index (κ3) is 2.92. The molecule has 0 atom stereocenters. The first-order chi connectivity index (χ1) is 8.69. The third-order valence-corrected chi connectivity index (χ3v) is 2.40. The highest BCUT2D eigenvalue weighted by molar-refractivity contribution is 5.42. The molecule has 0 fully saturated rings. The van der Waals surface area contributed by atoms with Gasteiger partial charge in [-0.2, -0.15) is 4.98 Å². The SMILES string of the molecule is Cc1cc(NCc2ccccc2F)nc(NN)n1. The van der Waals surface area contributed by atoms with Crippen molar-refractivity contribution < 1.29 is 4.39 Å². The standard InChI is InChI=1S/C12H14FN5/c1-8-6-11(17-12(16-8)18-14)15-7-9-4-2-3-5-10(9)13/h2-6H,7,14H2,1H3,(H2,15,16,17,18). The van der Waals surface area contributed by atoms with E-state index in [2.05, 4.69) is 20.7 Å². The molecule has 0 spiro atoms. The van der Waals surface area contributed by atoms with Crippen LogP contribution in [0, 0.1) is 12.7 Å². The number of nitrogens with one attached hydrogen (secondary N) is 2. The highest BCUT2D eigenvalue weighted by Crippen LogP contribution is 2.12. The summed E-state index contributed by atoms with van der Waals surface area (Å²) in [5.41, 5.74) is 3.73. The van der Waals surface area contributed by atoms with E-state index in [1.807, 2.05) is 6.92 Å². The van der Waals surface area contributed by atoms with Crippen molar-refractivity contribution in [3.05, 3.63) is 47.4 Å². The summed E-state index contributed by atoms with van der Waals surface area (Å²) >= 11 is 0. The molecular weight excluding hydrogens is 233 g/mol. The number of nitrogen functional groups attached to an aromatic ring is 1. The lowest BCUT2D eigenvalue weighted by molar-refractivity contribution is 0.613. The summed E-state index contributed by atoms with van der Waals surface area (Å²) < 4.78 is 13.4. The normalized spacial score (nSPS) is 10.2. The number of hydrogen-bond donors (Lipinski definition) is 3. The lowest BCUT2D eigenvalue weighted by atomic mass is 10.2. The number of benzene rings is 1. The van der Waals surface area contributed by atoms with Gasteiger partial charge in [-0.15, -0.1) is 0 Å². The predicted octanol–water partition coefficient (Wildman–Crippen LogP) is 1.82. The van der Waals surface area contributed by atoms with E-state index in [9.17, 15) is 4.39 Å². The Morgan fingerprint density at radius 3 is 2.78 bits per heavy atom. The minimum atomic E-state index is -0.243. The van der Waals surface area contributed by atoms with Crippen molar-refractivity contribution in [3.63, 3.8) is 0 Å². The largest absolute Gasteiger partial charge is 0.366 e. The minimum absolute atomic E-state index is 0.243. The highest BCUT2D eigenvalue weighted by atomic mass is 19.1. The number of anilines is 2. The van der Waals surface area contributed by atoms with Gasteiger partial charge in [0.1, 0.15) is 11.6 Å². The van der Waals surface area contributed by atoms with E-state index >= 15 is 0 Å². The van der Waals surface area contributed by atoms with Crippen LogP contribution in [0.15, 0.2) is 30.3 Å². The molecule has 0 saturated heterocycles. The maximum absolute atomic E-state index is 13.4. The second-order valence-corrected chi connectivity index (χ2v) is 3.81. The third-order valence-electron chi connectivity index (χ3n) is 2.40. The fourth-order valence-electron chi connectivity index (χ4n) is 1.55. The van der Waals surface area contributed by atoms with Gasteiger partial charge in [0, 0.05) is 23.9 Å². The van der Waals surface area contributed by atoms with Gasteiger partial charge >= 0.3 is 0 Å². The Morgan fingerprint density at radius 1 is 1.28 bits per heavy atom. The highest BCUT2D eigenvalue weighted by Gasteiger charge is 2.03. The van der Waals surface area contributed by atoms with Gasteiger partial charge in [0.25, 0.3) is 0 Å². The summed E-state index contributed by atoms with van der Waals surface area (Å²) in [7, 11) is 0. The number of aromatic nitrogens is 2. The maximum atomic E-state index is 13.4. The van der Waals surface area contributed by atoms with Crippen molar-refractivity contribution >= 4 is 11.8 Å². The summed E-state index contributed by atoms with van der Waals surface area (Å²) in [5, 5.41) is 3.03. The van der Waals surface area contributed by atoms with Gasteiger partial charge in [0.2, 0.25) is 5.95 Å². The molecule has 0 bridgehead atoms. The number of halogens is 1. The van der Waals surface area contributed by atoms with Gasteiger partial charge in [0.05, 0.1) is 0 Å². The Bertz CT molecular complexity index is 544. The van der Waals surface area contributed by atoms with E-state index in [1.165, 1.54) is 6.07 Å². The van der Waals surface area contributed by atoms with Gasteiger partial charge in [-0.3, -0.25) is 5.43 Å². The predicted molar refractivity (Wildman–Crippen MR) is 68.3 cm³/mol. The molecule has 2 rings (SSSR count). The zero-order chi connectivity index (χ0) is 13.0. The summed E-state index contributed by atoms with van der Waals surface area (Å²) in [6, 6.07) is 8.36. The van der Waals surface area contributed by atoms with Gasteiger partial charge in [-0.1, -0.05) is 18.2 Å². The first kappa shape index (κ1) is 12.3. The fraction of sp³-hybridized carbons (Fsp3) is 0.167.